The number of carboxylic acids is 1. The first kappa shape index (κ1) is 71.2. The lowest BCUT2D eigenvalue weighted by Crippen LogP contribution is -2.54. The Morgan fingerprint density at radius 3 is 2.15 bits per heavy atom. The van der Waals surface area contributed by atoms with Crippen molar-refractivity contribution < 1.29 is 62.6 Å². The van der Waals surface area contributed by atoms with Crippen LogP contribution >= 0.6 is 11.3 Å². The van der Waals surface area contributed by atoms with Gasteiger partial charge in [-0.15, -0.1) is 11.3 Å². The van der Waals surface area contributed by atoms with Gasteiger partial charge in [-0.25, -0.2) is 9.78 Å². The number of aromatic nitrogens is 1. The zero-order valence-electron chi connectivity index (χ0n) is 51.6. The molecule has 0 unspecified atom stereocenters. The van der Waals surface area contributed by atoms with Crippen LogP contribution in [0.3, 0.4) is 0 Å². The van der Waals surface area contributed by atoms with E-state index in [2.05, 4.69) is 41.8 Å². The van der Waals surface area contributed by atoms with Crippen molar-refractivity contribution in [2.45, 2.75) is 188 Å². The second kappa shape index (κ2) is 36.0. The van der Waals surface area contributed by atoms with Crippen molar-refractivity contribution in [1.29, 1.82) is 0 Å². The molecule has 3 heterocycles. The lowest BCUT2D eigenvalue weighted by molar-refractivity contribution is -0.149. The van der Waals surface area contributed by atoms with Gasteiger partial charge in [0.05, 0.1) is 12.0 Å². The number of carbonyl (C=O) groups excluding carboxylic acids is 10. The molecule has 1 aromatic carbocycles. The predicted molar refractivity (Wildman–Crippen MR) is 325 cm³/mol. The first-order valence-electron chi connectivity index (χ1n) is 30.3. The number of likely N-dealkylation sites (tertiary alicyclic amines) is 1. The summed E-state index contributed by atoms with van der Waals surface area (Å²) in [6, 6.07) is 2.56. The standard InChI is InChI=1S/C61H93N11O13S/c1-10-29-71(53(77)32-39(6)26-28-63-57(80)47-18-13-15-30-70(47)9)48(37(2)3)35-49(85-41(8)73)59-68-46(36-86-59)56(79)66-44(33-40(7)60(82)83)34-42-20-22-43(23-21-42)65-55(78)45(17-16-27-64-61(62)84)67-58(81)54(38(4)5)69-50(74)19-12-11-14-31-72-51(75)24-25-52(72)76/h20-25,36-40,44-45,47-49,54H,10-19,26-35H2,1-9H3,(H,63,80)(H,65,78)(H,66,79)(H,67,81)(H,69,74)(H,82,83)(H3,62,64,84)/t39-,40-,44+,45-,47+,48+,49+,54-/m0/s1. The van der Waals surface area contributed by atoms with Crippen LogP contribution in [0.15, 0.2) is 41.8 Å². The predicted octanol–water partition coefficient (Wildman–Crippen LogP) is 5.37. The summed E-state index contributed by atoms with van der Waals surface area (Å²) in [5.74, 6) is -5.89. The van der Waals surface area contributed by atoms with Gasteiger partial charge in [0, 0.05) is 87.7 Å². The average Bonchev–Trinajstić information content (AvgIpc) is 3.81. The second-order valence-electron chi connectivity index (χ2n) is 23.5. The van der Waals surface area contributed by atoms with E-state index in [4.69, 9.17) is 10.5 Å². The van der Waals surface area contributed by atoms with Crippen molar-refractivity contribution in [3.05, 3.63) is 58.1 Å². The smallest absolute Gasteiger partial charge is 0.312 e. The Bertz CT molecular complexity index is 2650. The third kappa shape index (κ3) is 23.9. The number of imide groups is 1. The number of esters is 1. The number of likely N-dealkylation sites (N-methyl/N-ethyl adjacent to an activating group) is 1. The molecule has 0 spiro atoms. The average molecular weight is 1220 g/mol. The molecular formula is C61H93N11O13S. The SMILES string of the molecule is CCCN(C(=O)C[C@@H](C)CCNC(=O)[C@H]1CCCCN1C)[C@H](C[C@@H](OC(C)=O)c1nc(C(=O)N[C@@H](Cc2ccc(NC(=O)[C@H](CCCNC(N)=O)NC(=O)[C@@H](NC(=O)CCCCCN3C(=O)C=CC3=O)C(C)C)cc2)C[C@H](C)C(=O)O)cs1)C(C)C. The summed E-state index contributed by atoms with van der Waals surface area (Å²) in [4.78, 5) is 151. The van der Waals surface area contributed by atoms with Crippen LogP contribution in [0.25, 0.3) is 0 Å². The number of thiazole rings is 1. The minimum Gasteiger partial charge on any atom is -0.481 e. The number of primary amides is 1. The zero-order chi connectivity index (χ0) is 63.6. The van der Waals surface area contributed by atoms with Crippen LogP contribution in [0.5, 0.6) is 0 Å². The van der Waals surface area contributed by atoms with Crippen LogP contribution in [-0.4, -0.2) is 160 Å². The van der Waals surface area contributed by atoms with Crippen molar-refractivity contribution in [2.24, 2.45) is 29.4 Å². The van der Waals surface area contributed by atoms with Crippen molar-refractivity contribution in [3.63, 3.8) is 0 Å². The number of hydrogen-bond donors (Lipinski definition) is 8. The lowest BCUT2D eigenvalue weighted by Gasteiger charge is -2.37. The molecule has 1 saturated heterocycles. The van der Waals surface area contributed by atoms with Crippen molar-refractivity contribution >= 4 is 82.3 Å². The Labute approximate surface area is 509 Å². The molecule has 25 heteroatoms. The Kier molecular flexibility index (Phi) is 29.8. The highest BCUT2D eigenvalue weighted by Gasteiger charge is 2.34. The van der Waals surface area contributed by atoms with Gasteiger partial charge in [0.2, 0.25) is 29.5 Å². The number of piperidine rings is 1. The van der Waals surface area contributed by atoms with Crippen molar-refractivity contribution in [1.82, 2.24) is 46.3 Å². The Morgan fingerprint density at radius 2 is 1.53 bits per heavy atom. The molecule has 0 radical (unpaired) electrons. The van der Waals surface area contributed by atoms with Crippen molar-refractivity contribution in [2.75, 3.05) is 45.1 Å². The zero-order valence-corrected chi connectivity index (χ0v) is 52.4. The third-order valence-electron chi connectivity index (χ3n) is 15.4. The van der Waals surface area contributed by atoms with E-state index < -0.39 is 71.7 Å². The van der Waals surface area contributed by atoms with Gasteiger partial charge in [0.1, 0.15) is 22.8 Å². The summed E-state index contributed by atoms with van der Waals surface area (Å²) in [6.45, 7) is 16.5. The van der Waals surface area contributed by atoms with Gasteiger partial charge in [0.25, 0.3) is 17.7 Å². The van der Waals surface area contributed by atoms with Gasteiger partial charge in [-0.2, -0.15) is 0 Å². The van der Waals surface area contributed by atoms with E-state index in [0.717, 1.165) is 42.0 Å². The number of nitrogens with one attached hydrogen (secondary N) is 6. The Hall–Kier alpha value is -7.28. The van der Waals surface area contributed by atoms with E-state index >= 15 is 0 Å². The number of aliphatic carboxylic acids is 1. The number of nitrogens with zero attached hydrogens (tertiary/aromatic N) is 4. The number of nitrogens with two attached hydrogens (primary N) is 1. The van der Waals surface area contributed by atoms with Gasteiger partial charge in [-0.05, 0) is 113 Å². The number of benzene rings is 1. The molecule has 0 aliphatic carbocycles. The van der Waals surface area contributed by atoms with Gasteiger partial charge >= 0.3 is 18.0 Å². The number of carbonyl (C=O) groups is 11. The summed E-state index contributed by atoms with van der Waals surface area (Å²) in [7, 11) is 1.97. The van der Waals surface area contributed by atoms with Crippen LogP contribution in [0, 0.1) is 23.7 Å². The quantitative estimate of drug-likeness (QED) is 0.0240. The minimum absolute atomic E-state index is 0.0141. The normalized spacial score (nSPS) is 16.7. The fourth-order valence-electron chi connectivity index (χ4n) is 10.5. The molecule has 1 fully saturated rings. The maximum Gasteiger partial charge on any atom is 0.312 e. The number of rotatable bonds is 37. The van der Waals surface area contributed by atoms with E-state index in [9.17, 15) is 57.8 Å². The summed E-state index contributed by atoms with van der Waals surface area (Å²) in [5, 5.41) is 28.6. The fourth-order valence-corrected chi connectivity index (χ4v) is 11.4. The fraction of sp³-hybridized carbons (Fsp3) is 0.639. The number of amides is 10. The van der Waals surface area contributed by atoms with Crippen LogP contribution < -0.4 is 37.6 Å². The molecule has 476 valence electrons. The van der Waals surface area contributed by atoms with Gasteiger partial charge in [-0.3, -0.25) is 57.7 Å². The summed E-state index contributed by atoms with van der Waals surface area (Å²) in [5.41, 5.74) is 6.30. The van der Waals surface area contributed by atoms with E-state index in [1.807, 2.05) is 39.6 Å². The Morgan fingerprint density at radius 1 is 0.837 bits per heavy atom. The van der Waals surface area contributed by atoms with Gasteiger partial charge in [0.15, 0.2) is 6.10 Å². The second-order valence-corrected chi connectivity index (χ2v) is 24.4. The monoisotopic (exact) mass is 1220 g/mol. The third-order valence-corrected chi connectivity index (χ3v) is 16.4. The number of carboxylic acid groups (broad SMARTS) is 1. The molecule has 2 aliphatic heterocycles. The Balaban J connectivity index is 1.41. The van der Waals surface area contributed by atoms with Crippen LogP contribution in [0.2, 0.25) is 0 Å². The first-order valence-corrected chi connectivity index (χ1v) is 31.2. The van der Waals surface area contributed by atoms with Gasteiger partial charge < -0.3 is 52.4 Å². The van der Waals surface area contributed by atoms with E-state index in [-0.39, 0.29) is 117 Å². The minimum atomic E-state index is -1.12. The summed E-state index contributed by atoms with van der Waals surface area (Å²) >= 11 is 1.13. The molecule has 10 amide bonds. The number of anilines is 1. The van der Waals surface area contributed by atoms with Crippen LogP contribution in [-0.2, 0) is 54.3 Å². The molecule has 2 aliphatic rings. The molecule has 4 rings (SSSR count). The molecule has 0 bridgehead atoms. The van der Waals surface area contributed by atoms with Crippen LogP contribution in [0.1, 0.15) is 172 Å². The van der Waals surface area contributed by atoms with E-state index in [0.29, 0.717) is 61.5 Å². The van der Waals surface area contributed by atoms with E-state index in [1.54, 1.807) is 43.5 Å². The highest BCUT2D eigenvalue weighted by molar-refractivity contribution is 7.09. The maximum atomic E-state index is 14.1. The van der Waals surface area contributed by atoms with E-state index in [1.165, 1.54) is 26.0 Å². The molecule has 0 saturated carbocycles. The molecule has 24 nitrogen and oxygen atoms in total. The molecule has 8 atom stereocenters. The van der Waals surface area contributed by atoms with Gasteiger partial charge in [-0.1, -0.05) is 73.4 Å². The maximum absolute atomic E-state index is 14.1. The largest absolute Gasteiger partial charge is 0.481 e. The molecule has 2 aromatic rings. The van der Waals surface area contributed by atoms with Crippen LogP contribution in [0.4, 0.5) is 10.5 Å². The number of unbranched alkanes of at least 4 members (excludes halogenated alkanes) is 2. The summed E-state index contributed by atoms with van der Waals surface area (Å²) in [6.07, 6.45) is 8.39. The highest BCUT2D eigenvalue weighted by atomic mass is 32.1. The molecule has 9 N–H and O–H groups in total. The first-order chi connectivity index (χ1) is 40.8. The number of ether oxygens (including phenoxy) is 1. The molecule has 1 aromatic heterocycles. The highest BCUT2D eigenvalue weighted by Crippen LogP contribution is 2.32. The summed E-state index contributed by atoms with van der Waals surface area (Å²) < 4.78 is 5.87. The number of urea groups is 1. The number of hydrogen-bond acceptors (Lipinski definition) is 15. The lowest BCUT2D eigenvalue weighted by atomic mass is 9.94. The molecule has 86 heavy (non-hydrogen) atoms. The van der Waals surface area contributed by atoms with Crippen molar-refractivity contribution in [3.8, 4) is 0 Å². The molecular weight excluding hydrogens is 1130 g/mol. The topological polar surface area (TPSA) is 338 Å².